The highest BCUT2D eigenvalue weighted by Gasteiger charge is 2.43. The molecule has 0 aromatic heterocycles. The second kappa shape index (κ2) is 6.75. The molecule has 5 nitrogen and oxygen atoms in total. The third-order valence-corrected chi connectivity index (χ3v) is 4.88. The Morgan fingerprint density at radius 3 is 2.52 bits per heavy atom. The molecule has 0 saturated carbocycles. The molecule has 0 bridgehead atoms. The van der Waals surface area contributed by atoms with E-state index in [1.54, 1.807) is 28.0 Å². The number of likely N-dealkylation sites (tertiary alicyclic amines) is 2. The summed E-state index contributed by atoms with van der Waals surface area (Å²) >= 11 is 0. The number of ether oxygens (including phenoxy) is 1. The minimum Gasteiger partial charge on any atom is -0.370 e. The number of hydrogen-bond acceptors (Lipinski definition) is 3. The molecule has 1 atom stereocenters. The second-order valence-electron chi connectivity index (χ2n) is 7.84. The quantitative estimate of drug-likeness (QED) is 0.838. The van der Waals surface area contributed by atoms with Crippen LogP contribution in [0.3, 0.4) is 0 Å². The Morgan fingerprint density at radius 2 is 1.92 bits per heavy atom. The highest BCUT2D eigenvalue weighted by molar-refractivity contribution is 5.90. The van der Waals surface area contributed by atoms with Crippen molar-refractivity contribution >= 4 is 11.8 Å². The van der Waals surface area contributed by atoms with Gasteiger partial charge in [-0.1, -0.05) is 18.2 Å². The van der Waals surface area contributed by atoms with Gasteiger partial charge in [-0.05, 0) is 26.8 Å². The zero-order valence-corrected chi connectivity index (χ0v) is 15.0. The van der Waals surface area contributed by atoms with E-state index in [1.165, 1.54) is 6.07 Å². The topological polar surface area (TPSA) is 49.9 Å². The Kier molecular flexibility index (Phi) is 4.82. The zero-order chi connectivity index (χ0) is 18.2. The van der Waals surface area contributed by atoms with Crippen LogP contribution in [0.25, 0.3) is 0 Å². The van der Waals surface area contributed by atoms with Crippen LogP contribution in [0.4, 0.5) is 4.39 Å². The monoisotopic (exact) mass is 348 g/mol. The smallest absolute Gasteiger partial charge is 0.228 e. The predicted molar refractivity (Wildman–Crippen MR) is 91.1 cm³/mol. The van der Waals surface area contributed by atoms with Crippen LogP contribution in [-0.2, 0) is 20.9 Å². The summed E-state index contributed by atoms with van der Waals surface area (Å²) < 4.78 is 19.2. The number of benzene rings is 1. The number of rotatable bonds is 4. The van der Waals surface area contributed by atoms with Crippen LogP contribution < -0.4 is 0 Å². The highest BCUT2D eigenvalue weighted by atomic mass is 19.1. The third-order valence-electron chi connectivity index (χ3n) is 4.88. The van der Waals surface area contributed by atoms with Gasteiger partial charge < -0.3 is 14.5 Å². The summed E-state index contributed by atoms with van der Waals surface area (Å²) in [7, 11) is 0. The van der Waals surface area contributed by atoms with Gasteiger partial charge in [0.05, 0.1) is 18.6 Å². The van der Waals surface area contributed by atoms with E-state index >= 15 is 0 Å². The first-order chi connectivity index (χ1) is 11.8. The molecule has 136 valence electrons. The maximum Gasteiger partial charge on any atom is 0.228 e. The SMILES string of the molecule is CC(C)(C)N1CC(C(=O)N2CC(OCc3ccccc3F)C2)CC1=O. The summed E-state index contributed by atoms with van der Waals surface area (Å²) in [4.78, 5) is 28.2. The van der Waals surface area contributed by atoms with Crippen LogP contribution in [0.5, 0.6) is 0 Å². The standard InChI is InChI=1S/C19H25FN2O3/c1-19(2,3)22-9-14(8-17(22)23)18(24)21-10-15(11-21)25-12-13-6-4-5-7-16(13)20/h4-7,14-15H,8-12H2,1-3H3. The number of amides is 2. The van der Waals surface area contributed by atoms with E-state index in [0.29, 0.717) is 25.2 Å². The van der Waals surface area contributed by atoms with E-state index in [-0.39, 0.29) is 48.2 Å². The first kappa shape index (κ1) is 17.9. The Labute approximate surface area is 147 Å². The maximum atomic E-state index is 13.6. The second-order valence-corrected chi connectivity index (χ2v) is 7.84. The summed E-state index contributed by atoms with van der Waals surface area (Å²) in [6, 6.07) is 6.53. The normalized spacial score (nSPS) is 21.6. The lowest BCUT2D eigenvalue weighted by atomic mass is 10.0. The van der Waals surface area contributed by atoms with Gasteiger partial charge in [-0.25, -0.2) is 4.39 Å². The summed E-state index contributed by atoms with van der Waals surface area (Å²) in [5.74, 6) is -0.481. The van der Waals surface area contributed by atoms with Gasteiger partial charge in [0.2, 0.25) is 11.8 Å². The van der Waals surface area contributed by atoms with Crippen LogP contribution >= 0.6 is 0 Å². The first-order valence-corrected chi connectivity index (χ1v) is 8.70. The summed E-state index contributed by atoms with van der Waals surface area (Å²) in [5.41, 5.74) is 0.265. The average Bonchev–Trinajstić information content (AvgIpc) is 2.89. The van der Waals surface area contributed by atoms with Gasteiger partial charge in [0.15, 0.2) is 0 Å². The fraction of sp³-hybridized carbons (Fsp3) is 0.579. The molecule has 1 unspecified atom stereocenters. The van der Waals surface area contributed by atoms with Crippen molar-refractivity contribution in [2.24, 2.45) is 5.92 Å². The summed E-state index contributed by atoms with van der Waals surface area (Å²) in [6.07, 6.45) is 0.215. The fourth-order valence-corrected chi connectivity index (χ4v) is 3.33. The predicted octanol–water partition coefficient (Wildman–Crippen LogP) is 2.20. The largest absolute Gasteiger partial charge is 0.370 e. The number of carbonyl (C=O) groups excluding carboxylic acids is 2. The lowest BCUT2D eigenvalue weighted by molar-refractivity contribution is -0.150. The number of hydrogen-bond donors (Lipinski definition) is 0. The molecule has 2 saturated heterocycles. The van der Waals surface area contributed by atoms with Crippen LogP contribution in [0.15, 0.2) is 24.3 Å². The molecule has 2 fully saturated rings. The number of nitrogens with zero attached hydrogens (tertiary/aromatic N) is 2. The van der Waals surface area contributed by atoms with E-state index in [0.717, 1.165) is 0 Å². The molecule has 25 heavy (non-hydrogen) atoms. The van der Waals surface area contributed by atoms with Gasteiger partial charge in [0.25, 0.3) is 0 Å². The Balaban J connectivity index is 1.46. The minimum absolute atomic E-state index is 0.0193. The van der Waals surface area contributed by atoms with Crippen molar-refractivity contribution in [3.8, 4) is 0 Å². The van der Waals surface area contributed by atoms with Crippen LogP contribution in [0.1, 0.15) is 32.8 Å². The first-order valence-electron chi connectivity index (χ1n) is 8.70. The molecule has 0 aliphatic carbocycles. The molecule has 2 amide bonds. The number of halogens is 1. The Bertz CT molecular complexity index is 665. The van der Waals surface area contributed by atoms with E-state index in [2.05, 4.69) is 0 Å². The zero-order valence-electron chi connectivity index (χ0n) is 15.0. The van der Waals surface area contributed by atoms with Gasteiger partial charge in [-0.3, -0.25) is 9.59 Å². The van der Waals surface area contributed by atoms with Crippen molar-refractivity contribution in [1.29, 1.82) is 0 Å². The molecule has 2 aliphatic rings. The van der Waals surface area contributed by atoms with E-state index in [9.17, 15) is 14.0 Å². The van der Waals surface area contributed by atoms with Crippen molar-refractivity contribution in [1.82, 2.24) is 9.80 Å². The molecule has 1 aromatic rings. The summed E-state index contributed by atoms with van der Waals surface area (Å²) in [6.45, 7) is 7.65. The molecule has 0 radical (unpaired) electrons. The molecule has 0 spiro atoms. The Hall–Kier alpha value is -1.95. The molecule has 0 N–H and O–H groups in total. The molecule has 2 aliphatic heterocycles. The molecule has 1 aromatic carbocycles. The van der Waals surface area contributed by atoms with Gasteiger partial charge >= 0.3 is 0 Å². The number of carbonyl (C=O) groups is 2. The van der Waals surface area contributed by atoms with E-state index in [1.807, 2.05) is 20.8 Å². The maximum absolute atomic E-state index is 13.6. The van der Waals surface area contributed by atoms with Crippen LogP contribution in [0, 0.1) is 11.7 Å². The van der Waals surface area contributed by atoms with Gasteiger partial charge in [0.1, 0.15) is 5.82 Å². The fourth-order valence-electron chi connectivity index (χ4n) is 3.33. The molecule has 6 heteroatoms. The third kappa shape index (κ3) is 3.84. The van der Waals surface area contributed by atoms with Gasteiger partial charge in [-0.15, -0.1) is 0 Å². The Morgan fingerprint density at radius 1 is 1.24 bits per heavy atom. The van der Waals surface area contributed by atoms with Crippen molar-refractivity contribution < 1.29 is 18.7 Å². The van der Waals surface area contributed by atoms with Crippen molar-refractivity contribution in [3.05, 3.63) is 35.6 Å². The van der Waals surface area contributed by atoms with Crippen molar-refractivity contribution in [3.63, 3.8) is 0 Å². The molecule has 2 heterocycles. The van der Waals surface area contributed by atoms with Crippen molar-refractivity contribution in [2.75, 3.05) is 19.6 Å². The highest BCUT2D eigenvalue weighted by Crippen LogP contribution is 2.28. The molecular weight excluding hydrogens is 323 g/mol. The summed E-state index contributed by atoms with van der Waals surface area (Å²) in [5, 5.41) is 0. The van der Waals surface area contributed by atoms with E-state index in [4.69, 9.17) is 4.74 Å². The lowest BCUT2D eigenvalue weighted by Gasteiger charge is -2.40. The molecule has 3 rings (SSSR count). The van der Waals surface area contributed by atoms with Crippen molar-refractivity contribution in [2.45, 2.75) is 45.4 Å². The average molecular weight is 348 g/mol. The lowest BCUT2D eigenvalue weighted by Crippen LogP contribution is -2.56. The molecular formula is C19H25FN2O3. The van der Waals surface area contributed by atoms with Crippen LogP contribution in [0.2, 0.25) is 0 Å². The van der Waals surface area contributed by atoms with Gasteiger partial charge in [0, 0.05) is 37.2 Å². The van der Waals surface area contributed by atoms with Crippen LogP contribution in [-0.4, -0.2) is 52.9 Å². The van der Waals surface area contributed by atoms with Gasteiger partial charge in [-0.2, -0.15) is 0 Å². The van der Waals surface area contributed by atoms with E-state index < -0.39 is 0 Å². The minimum atomic E-state index is -0.276.